The van der Waals surface area contributed by atoms with Crippen molar-refractivity contribution >= 4 is 23.5 Å². The fraction of sp³-hybridized carbons (Fsp3) is 0.304. The van der Waals surface area contributed by atoms with Gasteiger partial charge in [0.2, 0.25) is 11.9 Å². The summed E-state index contributed by atoms with van der Waals surface area (Å²) in [6.07, 6.45) is 6.45. The number of aromatic nitrogens is 3. The Morgan fingerprint density at radius 3 is 2.53 bits per heavy atom. The van der Waals surface area contributed by atoms with Crippen molar-refractivity contribution in [2.75, 3.05) is 12.4 Å². The molecule has 0 spiro atoms. The van der Waals surface area contributed by atoms with E-state index in [1.165, 1.54) is 41.1 Å². The number of carbonyl (C=O) groups excluding carboxylic acids is 1. The number of anilines is 1. The van der Waals surface area contributed by atoms with Crippen LogP contribution in [0.1, 0.15) is 25.7 Å². The van der Waals surface area contributed by atoms with Crippen LogP contribution in [0.4, 0.5) is 10.3 Å². The fourth-order valence-corrected chi connectivity index (χ4v) is 4.16. The number of hydrogen-bond acceptors (Lipinski definition) is 5. The van der Waals surface area contributed by atoms with Crippen molar-refractivity contribution in [1.82, 2.24) is 19.9 Å². The van der Waals surface area contributed by atoms with Crippen molar-refractivity contribution in [3.05, 3.63) is 70.0 Å². The maximum atomic E-state index is 13.3. The second-order valence-corrected chi connectivity index (χ2v) is 8.21. The SMILES string of the molecule is CNC(=O)[C@H]1CC[C@H](Nc2ncc(Cl)c(-c3ccc(=O)n(-c4ccc(F)cc4)c3)n2)CC1. The van der Waals surface area contributed by atoms with Crippen LogP contribution in [0.25, 0.3) is 16.9 Å². The molecule has 166 valence electrons. The Balaban J connectivity index is 1.56. The largest absolute Gasteiger partial charge is 0.359 e. The van der Waals surface area contributed by atoms with Gasteiger partial charge in [0.25, 0.3) is 5.56 Å². The Morgan fingerprint density at radius 1 is 1.12 bits per heavy atom. The van der Waals surface area contributed by atoms with Crippen LogP contribution in [0.15, 0.2) is 53.6 Å². The van der Waals surface area contributed by atoms with E-state index in [9.17, 15) is 14.0 Å². The van der Waals surface area contributed by atoms with Gasteiger partial charge in [0.05, 0.1) is 16.9 Å². The number of halogens is 2. The second kappa shape index (κ2) is 9.48. The Bertz CT molecular complexity index is 1170. The molecule has 4 rings (SSSR count). The highest BCUT2D eigenvalue weighted by molar-refractivity contribution is 6.32. The molecule has 1 aromatic carbocycles. The molecule has 0 saturated heterocycles. The molecular formula is C23H23ClFN5O2. The fourth-order valence-electron chi connectivity index (χ4n) is 3.96. The van der Waals surface area contributed by atoms with Crippen LogP contribution in [-0.2, 0) is 4.79 Å². The van der Waals surface area contributed by atoms with Gasteiger partial charge in [-0.05, 0) is 56.0 Å². The highest BCUT2D eigenvalue weighted by Crippen LogP contribution is 2.29. The minimum atomic E-state index is -0.378. The summed E-state index contributed by atoms with van der Waals surface area (Å²) >= 11 is 6.37. The van der Waals surface area contributed by atoms with E-state index >= 15 is 0 Å². The Labute approximate surface area is 189 Å². The van der Waals surface area contributed by atoms with Crippen molar-refractivity contribution in [3.63, 3.8) is 0 Å². The first-order valence-corrected chi connectivity index (χ1v) is 10.8. The van der Waals surface area contributed by atoms with Gasteiger partial charge in [-0.15, -0.1) is 0 Å². The average molecular weight is 456 g/mol. The molecule has 3 aromatic rings. The normalized spacial score (nSPS) is 18.2. The first-order chi connectivity index (χ1) is 15.4. The highest BCUT2D eigenvalue weighted by Gasteiger charge is 2.26. The maximum Gasteiger partial charge on any atom is 0.255 e. The molecule has 1 fully saturated rings. The summed E-state index contributed by atoms with van der Waals surface area (Å²) in [5, 5.41) is 6.40. The van der Waals surface area contributed by atoms with E-state index in [4.69, 9.17) is 11.6 Å². The summed E-state index contributed by atoms with van der Waals surface area (Å²) in [4.78, 5) is 33.1. The molecule has 1 amide bonds. The van der Waals surface area contributed by atoms with Gasteiger partial charge in [-0.2, -0.15) is 0 Å². The molecule has 2 N–H and O–H groups in total. The molecule has 7 nitrogen and oxygen atoms in total. The van der Waals surface area contributed by atoms with Crippen LogP contribution in [0.5, 0.6) is 0 Å². The van der Waals surface area contributed by atoms with E-state index in [-0.39, 0.29) is 29.2 Å². The summed E-state index contributed by atoms with van der Waals surface area (Å²) in [7, 11) is 1.66. The zero-order chi connectivity index (χ0) is 22.7. The van der Waals surface area contributed by atoms with Gasteiger partial charge in [0, 0.05) is 42.5 Å². The molecule has 1 aliphatic rings. The number of rotatable bonds is 5. The maximum absolute atomic E-state index is 13.3. The lowest BCUT2D eigenvalue weighted by atomic mass is 9.85. The zero-order valence-electron chi connectivity index (χ0n) is 17.5. The van der Waals surface area contributed by atoms with E-state index in [1.807, 2.05) is 0 Å². The summed E-state index contributed by atoms with van der Waals surface area (Å²) in [5.74, 6) is 0.196. The molecular weight excluding hydrogens is 433 g/mol. The third-order valence-electron chi connectivity index (χ3n) is 5.71. The Morgan fingerprint density at radius 2 is 1.84 bits per heavy atom. The predicted octanol–water partition coefficient (Wildman–Crippen LogP) is 3.80. The van der Waals surface area contributed by atoms with E-state index in [0.717, 1.165) is 25.7 Å². The number of nitrogens with one attached hydrogen (secondary N) is 2. The van der Waals surface area contributed by atoms with Crippen LogP contribution in [-0.4, -0.2) is 33.5 Å². The standard InChI is InChI=1S/C23H23ClFN5O2/c1-26-22(32)14-2-7-17(8-3-14)28-23-27-12-19(24)21(29-23)15-4-11-20(31)30(13-15)18-9-5-16(25)6-10-18/h4-6,9-14,17H,2-3,7-8H2,1H3,(H,26,32)(H,27,28,29)/t14-,17-. The number of carbonyl (C=O) groups is 1. The van der Waals surface area contributed by atoms with Gasteiger partial charge in [0.1, 0.15) is 5.82 Å². The first kappa shape index (κ1) is 22.0. The monoisotopic (exact) mass is 455 g/mol. The van der Waals surface area contributed by atoms with Crippen LogP contribution in [0.3, 0.4) is 0 Å². The average Bonchev–Trinajstić information content (AvgIpc) is 2.81. The van der Waals surface area contributed by atoms with Crippen LogP contribution < -0.4 is 16.2 Å². The third kappa shape index (κ3) is 4.80. The van der Waals surface area contributed by atoms with E-state index < -0.39 is 0 Å². The Hall–Kier alpha value is -3.26. The molecule has 0 aliphatic heterocycles. The van der Waals surface area contributed by atoms with Crippen molar-refractivity contribution in [1.29, 1.82) is 0 Å². The van der Waals surface area contributed by atoms with Gasteiger partial charge in [0.15, 0.2) is 0 Å². The Kier molecular flexibility index (Phi) is 6.50. The van der Waals surface area contributed by atoms with Crippen LogP contribution in [0.2, 0.25) is 5.02 Å². The number of amides is 1. The molecule has 2 aromatic heterocycles. The molecule has 2 heterocycles. The quantitative estimate of drug-likeness (QED) is 0.610. The predicted molar refractivity (Wildman–Crippen MR) is 121 cm³/mol. The smallest absolute Gasteiger partial charge is 0.255 e. The van der Waals surface area contributed by atoms with Gasteiger partial charge < -0.3 is 10.6 Å². The van der Waals surface area contributed by atoms with Gasteiger partial charge in [-0.1, -0.05) is 11.6 Å². The summed E-state index contributed by atoms with van der Waals surface area (Å²) in [6.45, 7) is 0. The molecule has 0 bridgehead atoms. The molecule has 1 saturated carbocycles. The minimum Gasteiger partial charge on any atom is -0.359 e. The lowest BCUT2D eigenvalue weighted by Gasteiger charge is -2.28. The number of nitrogens with zero attached hydrogens (tertiary/aromatic N) is 3. The van der Waals surface area contributed by atoms with Gasteiger partial charge in [-0.3, -0.25) is 14.2 Å². The van der Waals surface area contributed by atoms with E-state index in [0.29, 0.717) is 27.9 Å². The summed E-state index contributed by atoms with van der Waals surface area (Å²) in [5.41, 5.74) is 1.40. The zero-order valence-corrected chi connectivity index (χ0v) is 18.3. The molecule has 1 aliphatic carbocycles. The minimum absolute atomic E-state index is 0.0484. The number of pyridine rings is 1. The molecule has 32 heavy (non-hydrogen) atoms. The molecule has 0 atom stereocenters. The van der Waals surface area contributed by atoms with Gasteiger partial charge in [-0.25, -0.2) is 14.4 Å². The lowest BCUT2D eigenvalue weighted by molar-refractivity contribution is -0.125. The summed E-state index contributed by atoms with van der Waals surface area (Å²) < 4.78 is 14.7. The molecule has 0 unspecified atom stereocenters. The highest BCUT2D eigenvalue weighted by atomic mass is 35.5. The van der Waals surface area contributed by atoms with E-state index in [1.54, 1.807) is 19.3 Å². The number of hydrogen-bond donors (Lipinski definition) is 2. The van der Waals surface area contributed by atoms with Gasteiger partial charge >= 0.3 is 0 Å². The van der Waals surface area contributed by atoms with Crippen molar-refractivity contribution in [2.24, 2.45) is 5.92 Å². The van der Waals surface area contributed by atoms with Crippen LogP contribution in [0, 0.1) is 11.7 Å². The van der Waals surface area contributed by atoms with E-state index in [2.05, 4.69) is 20.6 Å². The van der Waals surface area contributed by atoms with Crippen molar-refractivity contribution in [2.45, 2.75) is 31.7 Å². The molecule has 9 heteroatoms. The molecule has 0 radical (unpaired) electrons. The first-order valence-electron chi connectivity index (χ1n) is 10.4. The van der Waals surface area contributed by atoms with Crippen molar-refractivity contribution in [3.8, 4) is 16.9 Å². The topological polar surface area (TPSA) is 88.9 Å². The third-order valence-corrected chi connectivity index (χ3v) is 5.99. The number of benzene rings is 1. The summed E-state index contributed by atoms with van der Waals surface area (Å²) in [6, 6.07) is 8.89. The lowest BCUT2D eigenvalue weighted by Crippen LogP contribution is -2.34. The van der Waals surface area contributed by atoms with Crippen molar-refractivity contribution < 1.29 is 9.18 Å². The van der Waals surface area contributed by atoms with Crippen LogP contribution >= 0.6 is 11.6 Å². The second-order valence-electron chi connectivity index (χ2n) is 7.80.